The number of nitrogens with one attached hydrogen (secondary N) is 1. The van der Waals surface area contributed by atoms with Gasteiger partial charge in [-0.3, -0.25) is 10.1 Å². The predicted molar refractivity (Wildman–Crippen MR) is 73.6 cm³/mol. The third kappa shape index (κ3) is 3.55. The Kier molecular flexibility index (Phi) is 4.67. The first-order chi connectivity index (χ1) is 9.70. The van der Waals surface area contributed by atoms with Crippen LogP contribution in [0.1, 0.15) is 5.56 Å². The van der Waals surface area contributed by atoms with Crippen molar-refractivity contribution in [2.75, 3.05) is 13.7 Å². The summed E-state index contributed by atoms with van der Waals surface area (Å²) in [6.45, 7) is 1.52. The number of benzene rings is 1. The lowest BCUT2D eigenvalue weighted by Crippen LogP contribution is -2.09. The summed E-state index contributed by atoms with van der Waals surface area (Å²) < 4.78 is 7.34. The molecule has 0 unspecified atom stereocenters. The van der Waals surface area contributed by atoms with Gasteiger partial charge in [0.05, 0.1) is 17.8 Å². The van der Waals surface area contributed by atoms with Gasteiger partial charge in [-0.1, -0.05) is 6.07 Å². The Morgan fingerprint density at radius 1 is 1.50 bits per heavy atom. The number of hydrogen-bond donors (Lipinski definition) is 1. The van der Waals surface area contributed by atoms with Crippen LogP contribution in [-0.2, 0) is 13.1 Å². The Balaban J connectivity index is 2.04. The Bertz CT molecular complexity index is 569. The first-order valence-corrected chi connectivity index (χ1v) is 6.21. The maximum Gasteiger partial charge on any atom is 0.311 e. The van der Waals surface area contributed by atoms with Crippen LogP contribution in [-0.4, -0.2) is 28.1 Å². The molecule has 1 N–H and O–H groups in total. The van der Waals surface area contributed by atoms with Gasteiger partial charge in [-0.15, -0.1) is 0 Å². The van der Waals surface area contributed by atoms with E-state index in [9.17, 15) is 10.1 Å². The lowest BCUT2D eigenvalue weighted by molar-refractivity contribution is -0.385. The summed E-state index contributed by atoms with van der Waals surface area (Å²) in [5, 5.41) is 14.0. The molecule has 0 aliphatic heterocycles. The zero-order chi connectivity index (χ0) is 14.4. The molecule has 0 radical (unpaired) electrons. The molecule has 0 aliphatic rings. The summed E-state index contributed by atoms with van der Waals surface area (Å²) in [4.78, 5) is 14.6. The second-order valence-electron chi connectivity index (χ2n) is 4.24. The van der Waals surface area contributed by atoms with Gasteiger partial charge in [0.15, 0.2) is 5.75 Å². The van der Waals surface area contributed by atoms with E-state index in [1.807, 2.05) is 16.8 Å². The standard InChI is InChI=1S/C13H16N4O3/c1-14-9-11-2-3-13(12(8-11)17(18)19)20-7-6-16-5-4-15-10-16/h2-5,8,10,14H,6-7,9H2,1H3. The molecule has 1 aromatic heterocycles. The summed E-state index contributed by atoms with van der Waals surface area (Å²) in [5.41, 5.74) is 0.838. The molecule has 7 heteroatoms. The van der Waals surface area contributed by atoms with Crippen molar-refractivity contribution < 1.29 is 9.66 Å². The average Bonchev–Trinajstić information content (AvgIpc) is 2.93. The lowest BCUT2D eigenvalue weighted by atomic mass is 10.2. The first kappa shape index (κ1) is 14.0. The smallest absolute Gasteiger partial charge is 0.311 e. The summed E-state index contributed by atoms with van der Waals surface area (Å²) in [6, 6.07) is 4.98. The van der Waals surface area contributed by atoms with Crippen LogP contribution in [0.4, 0.5) is 5.69 Å². The Morgan fingerprint density at radius 3 is 3.00 bits per heavy atom. The van der Waals surface area contributed by atoms with Gasteiger partial charge in [0, 0.05) is 25.0 Å². The fraction of sp³-hybridized carbons (Fsp3) is 0.308. The summed E-state index contributed by atoms with van der Waals surface area (Å²) in [6.07, 6.45) is 5.16. The molecule has 0 saturated heterocycles. The zero-order valence-electron chi connectivity index (χ0n) is 11.2. The van der Waals surface area contributed by atoms with Crippen molar-refractivity contribution in [3.63, 3.8) is 0 Å². The number of ether oxygens (including phenoxy) is 1. The fourth-order valence-electron chi connectivity index (χ4n) is 1.82. The highest BCUT2D eigenvalue weighted by molar-refractivity contribution is 5.48. The van der Waals surface area contributed by atoms with Gasteiger partial charge >= 0.3 is 5.69 Å². The van der Waals surface area contributed by atoms with Crippen LogP contribution in [0.5, 0.6) is 5.75 Å². The minimum atomic E-state index is -0.425. The minimum Gasteiger partial charge on any atom is -0.485 e. The van der Waals surface area contributed by atoms with E-state index >= 15 is 0 Å². The molecule has 20 heavy (non-hydrogen) atoms. The molecule has 2 rings (SSSR count). The van der Waals surface area contributed by atoms with Gasteiger partial charge in [0.2, 0.25) is 0 Å². The van der Waals surface area contributed by atoms with E-state index in [4.69, 9.17) is 4.74 Å². The van der Waals surface area contributed by atoms with Crippen LogP contribution in [0.3, 0.4) is 0 Å². The highest BCUT2D eigenvalue weighted by atomic mass is 16.6. The molecular formula is C13H16N4O3. The molecule has 0 aliphatic carbocycles. The number of nitrogens with zero attached hydrogens (tertiary/aromatic N) is 3. The van der Waals surface area contributed by atoms with Gasteiger partial charge in [0.1, 0.15) is 6.61 Å². The van der Waals surface area contributed by atoms with Crippen LogP contribution >= 0.6 is 0 Å². The summed E-state index contributed by atoms with van der Waals surface area (Å²) in [7, 11) is 1.79. The van der Waals surface area contributed by atoms with Gasteiger partial charge in [-0.05, 0) is 18.7 Å². The maximum atomic E-state index is 11.1. The number of nitro groups is 1. The first-order valence-electron chi connectivity index (χ1n) is 6.21. The fourth-order valence-corrected chi connectivity index (χ4v) is 1.82. The number of hydrogen-bond acceptors (Lipinski definition) is 5. The van der Waals surface area contributed by atoms with Gasteiger partial charge in [-0.25, -0.2) is 4.98 Å². The van der Waals surface area contributed by atoms with E-state index in [1.165, 1.54) is 6.07 Å². The Morgan fingerprint density at radius 2 is 2.35 bits per heavy atom. The Labute approximate surface area is 116 Å². The maximum absolute atomic E-state index is 11.1. The van der Waals surface area contributed by atoms with E-state index in [2.05, 4.69) is 10.3 Å². The van der Waals surface area contributed by atoms with Crippen LogP contribution in [0.25, 0.3) is 0 Å². The molecule has 7 nitrogen and oxygen atoms in total. The average molecular weight is 276 g/mol. The number of nitro benzene ring substituents is 1. The van der Waals surface area contributed by atoms with Gasteiger partial charge < -0.3 is 14.6 Å². The van der Waals surface area contributed by atoms with Crippen molar-refractivity contribution in [3.8, 4) is 5.75 Å². The minimum absolute atomic E-state index is 0.0108. The van der Waals surface area contributed by atoms with E-state index in [1.54, 1.807) is 25.6 Å². The second kappa shape index (κ2) is 6.67. The monoisotopic (exact) mass is 276 g/mol. The van der Waals surface area contributed by atoms with Crippen molar-refractivity contribution in [1.29, 1.82) is 0 Å². The molecule has 0 spiro atoms. The third-order valence-electron chi connectivity index (χ3n) is 2.77. The van der Waals surface area contributed by atoms with E-state index in [0.29, 0.717) is 19.7 Å². The van der Waals surface area contributed by atoms with E-state index < -0.39 is 4.92 Å². The molecule has 0 amide bonds. The largest absolute Gasteiger partial charge is 0.485 e. The number of rotatable bonds is 7. The number of aromatic nitrogens is 2. The molecule has 1 heterocycles. The topological polar surface area (TPSA) is 82.2 Å². The lowest BCUT2D eigenvalue weighted by Gasteiger charge is -2.08. The molecule has 0 atom stereocenters. The molecular weight excluding hydrogens is 260 g/mol. The zero-order valence-corrected chi connectivity index (χ0v) is 11.2. The number of imidazole rings is 1. The van der Waals surface area contributed by atoms with E-state index in [-0.39, 0.29) is 11.4 Å². The van der Waals surface area contributed by atoms with Gasteiger partial charge in [0.25, 0.3) is 0 Å². The molecule has 0 saturated carbocycles. The predicted octanol–water partition coefficient (Wildman–Crippen LogP) is 1.59. The summed E-state index contributed by atoms with van der Waals surface area (Å²) >= 11 is 0. The van der Waals surface area contributed by atoms with E-state index in [0.717, 1.165) is 5.56 Å². The normalized spacial score (nSPS) is 10.4. The van der Waals surface area contributed by atoms with Crippen LogP contribution < -0.4 is 10.1 Å². The van der Waals surface area contributed by atoms with Gasteiger partial charge in [-0.2, -0.15) is 0 Å². The second-order valence-corrected chi connectivity index (χ2v) is 4.24. The molecule has 0 fully saturated rings. The molecule has 1 aromatic carbocycles. The molecule has 106 valence electrons. The quantitative estimate of drug-likeness (QED) is 0.613. The third-order valence-corrected chi connectivity index (χ3v) is 2.77. The van der Waals surface area contributed by atoms with Crippen LogP contribution in [0, 0.1) is 10.1 Å². The van der Waals surface area contributed by atoms with Crippen molar-refractivity contribution in [2.45, 2.75) is 13.1 Å². The van der Waals surface area contributed by atoms with Crippen molar-refractivity contribution in [2.24, 2.45) is 0 Å². The SMILES string of the molecule is CNCc1ccc(OCCn2ccnc2)c([N+](=O)[O-])c1. The Hall–Kier alpha value is -2.41. The highest BCUT2D eigenvalue weighted by Crippen LogP contribution is 2.27. The molecule has 2 aromatic rings. The van der Waals surface area contributed by atoms with Crippen molar-refractivity contribution in [3.05, 3.63) is 52.6 Å². The van der Waals surface area contributed by atoms with Crippen molar-refractivity contribution >= 4 is 5.69 Å². The highest BCUT2D eigenvalue weighted by Gasteiger charge is 2.15. The molecule has 0 bridgehead atoms. The van der Waals surface area contributed by atoms with Crippen molar-refractivity contribution in [1.82, 2.24) is 14.9 Å². The van der Waals surface area contributed by atoms with Crippen LogP contribution in [0.2, 0.25) is 0 Å². The van der Waals surface area contributed by atoms with Crippen LogP contribution in [0.15, 0.2) is 36.9 Å². The summed E-state index contributed by atoms with van der Waals surface area (Å²) in [5.74, 6) is 0.287.